The highest BCUT2D eigenvalue weighted by atomic mass is 16.2. The molecule has 2 heterocycles. The Labute approximate surface area is 135 Å². The molecule has 116 valence electrons. The molecule has 0 spiro atoms. The maximum absolute atomic E-state index is 12.7. The van der Waals surface area contributed by atoms with E-state index in [2.05, 4.69) is 29.4 Å². The van der Waals surface area contributed by atoms with Crippen molar-refractivity contribution in [1.29, 1.82) is 0 Å². The van der Waals surface area contributed by atoms with Gasteiger partial charge in [0.1, 0.15) is 5.82 Å². The molecule has 3 aromatic rings. The number of hydrogen-bond donors (Lipinski definition) is 0. The highest BCUT2D eigenvalue weighted by molar-refractivity contribution is 5.22. The molecule has 0 unspecified atom stereocenters. The van der Waals surface area contributed by atoms with E-state index in [4.69, 9.17) is 0 Å². The molecule has 4 rings (SSSR count). The molecule has 1 atom stereocenters. The van der Waals surface area contributed by atoms with E-state index >= 15 is 0 Å². The second-order valence-electron chi connectivity index (χ2n) is 5.99. The van der Waals surface area contributed by atoms with Crippen molar-refractivity contribution < 1.29 is 0 Å². The van der Waals surface area contributed by atoms with Gasteiger partial charge in [0.05, 0.1) is 12.6 Å². The van der Waals surface area contributed by atoms with Gasteiger partial charge in [-0.25, -0.2) is 9.48 Å². The van der Waals surface area contributed by atoms with E-state index in [9.17, 15) is 4.79 Å². The summed E-state index contributed by atoms with van der Waals surface area (Å²) in [5.41, 5.74) is 2.44. The molecule has 0 radical (unpaired) electrons. The van der Waals surface area contributed by atoms with Crippen LogP contribution in [0.25, 0.3) is 0 Å². The third-order valence-corrected chi connectivity index (χ3v) is 4.53. The zero-order chi connectivity index (χ0) is 15.6. The number of fused-ring (bicyclic) bond motifs is 1. The summed E-state index contributed by atoms with van der Waals surface area (Å²) in [4.78, 5) is 12.7. The molecule has 0 fully saturated rings. The minimum absolute atomic E-state index is 0.0160. The summed E-state index contributed by atoms with van der Waals surface area (Å²) in [5, 5.41) is 4.55. The van der Waals surface area contributed by atoms with Gasteiger partial charge in [0.15, 0.2) is 0 Å². The summed E-state index contributed by atoms with van der Waals surface area (Å²) in [6.45, 7) is 0.629. The molecule has 1 aromatic heterocycles. The Morgan fingerprint density at radius 1 is 1.00 bits per heavy atom. The fourth-order valence-corrected chi connectivity index (χ4v) is 3.36. The molecule has 0 N–H and O–H groups in total. The molecule has 1 aliphatic rings. The van der Waals surface area contributed by atoms with Crippen molar-refractivity contribution in [3.63, 3.8) is 0 Å². The average Bonchev–Trinajstić information content (AvgIpc) is 3.15. The topological polar surface area (TPSA) is 39.8 Å². The fraction of sp³-hybridized carbons (Fsp3) is 0.263. The summed E-state index contributed by atoms with van der Waals surface area (Å²) in [7, 11) is 0. The molecule has 0 bridgehead atoms. The molecule has 0 saturated carbocycles. The molecule has 4 nitrogen and oxygen atoms in total. The Hall–Kier alpha value is -2.62. The van der Waals surface area contributed by atoms with Crippen LogP contribution in [0.4, 0.5) is 0 Å². The Kier molecular flexibility index (Phi) is 3.58. The Morgan fingerprint density at radius 3 is 2.43 bits per heavy atom. The van der Waals surface area contributed by atoms with Crippen LogP contribution in [-0.4, -0.2) is 14.3 Å². The Morgan fingerprint density at radius 2 is 1.70 bits per heavy atom. The van der Waals surface area contributed by atoms with Crippen molar-refractivity contribution >= 4 is 0 Å². The van der Waals surface area contributed by atoms with Crippen LogP contribution in [0.3, 0.4) is 0 Å². The molecule has 4 heteroatoms. The van der Waals surface area contributed by atoms with Crippen LogP contribution in [0.2, 0.25) is 0 Å². The first-order valence-corrected chi connectivity index (χ1v) is 8.10. The number of benzene rings is 2. The first kappa shape index (κ1) is 14.0. The van der Waals surface area contributed by atoms with E-state index in [0.29, 0.717) is 6.54 Å². The zero-order valence-electron chi connectivity index (χ0n) is 12.9. The first-order valence-electron chi connectivity index (χ1n) is 8.10. The van der Waals surface area contributed by atoms with Crippen molar-refractivity contribution in [1.82, 2.24) is 14.3 Å². The van der Waals surface area contributed by atoms with Crippen LogP contribution >= 0.6 is 0 Å². The average molecular weight is 305 g/mol. The lowest BCUT2D eigenvalue weighted by Crippen LogP contribution is -2.27. The second kappa shape index (κ2) is 5.88. The Balaban J connectivity index is 1.60. The van der Waals surface area contributed by atoms with E-state index in [1.165, 1.54) is 11.1 Å². The summed E-state index contributed by atoms with van der Waals surface area (Å²) in [6.07, 6.45) is 2.65. The van der Waals surface area contributed by atoms with Crippen LogP contribution in [0.1, 0.15) is 29.4 Å². The van der Waals surface area contributed by atoms with Gasteiger partial charge in [-0.05, 0) is 24.0 Å². The van der Waals surface area contributed by atoms with Crippen molar-refractivity contribution in [3.05, 3.63) is 88.1 Å². The number of aromatic nitrogens is 3. The molecule has 23 heavy (non-hydrogen) atoms. The van der Waals surface area contributed by atoms with Gasteiger partial charge in [0.2, 0.25) is 0 Å². The van der Waals surface area contributed by atoms with E-state index in [-0.39, 0.29) is 11.7 Å². The highest BCUT2D eigenvalue weighted by Crippen LogP contribution is 2.28. The van der Waals surface area contributed by atoms with Gasteiger partial charge in [-0.2, -0.15) is 5.10 Å². The van der Waals surface area contributed by atoms with E-state index in [1.54, 1.807) is 4.68 Å². The number of hydrogen-bond acceptors (Lipinski definition) is 2. The SMILES string of the molecule is O=c1n(CCc2ccccc2)nc2n1[C@H](c1ccccc1)CC2. The molecule has 0 saturated heterocycles. The first-order chi connectivity index (χ1) is 11.3. The summed E-state index contributed by atoms with van der Waals surface area (Å²) in [5.74, 6) is 0.914. The lowest BCUT2D eigenvalue weighted by molar-refractivity contribution is 0.535. The molecule has 2 aromatic carbocycles. The van der Waals surface area contributed by atoms with Gasteiger partial charge in [0.25, 0.3) is 0 Å². The van der Waals surface area contributed by atoms with Crippen LogP contribution in [0, 0.1) is 0 Å². The van der Waals surface area contributed by atoms with Crippen molar-refractivity contribution in [2.75, 3.05) is 0 Å². The minimum Gasteiger partial charge on any atom is -0.271 e. The van der Waals surface area contributed by atoms with Gasteiger partial charge in [-0.1, -0.05) is 60.7 Å². The van der Waals surface area contributed by atoms with Crippen molar-refractivity contribution in [2.45, 2.75) is 31.8 Å². The number of rotatable bonds is 4. The molecule has 0 amide bonds. The maximum Gasteiger partial charge on any atom is 0.346 e. The smallest absolute Gasteiger partial charge is 0.271 e. The van der Waals surface area contributed by atoms with Gasteiger partial charge in [-0.3, -0.25) is 4.57 Å². The van der Waals surface area contributed by atoms with Crippen LogP contribution < -0.4 is 5.69 Å². The van der Waals surface area contributed by atoms with Crippen LogP contribution in [0.15, 0.2) is 65.5 Å². The molecule has 1 aliphatic heterocycles. The molecular formula is C19H19N3O. The third-order valence-electron chi connectivity index (χ3n) is 4.53. The van der Waals surface area contributed by atoms with Crippen LogP contribution in [-0.2, 0) is 19.4 Å². The number of aryl methyl sites for hydroxylation is 3. The number of nitrogens with zero attached hydrogens (tertiary/aromatic N) is 3. The van der Waals surface area contributed by atoms with Crippen molar-refractivity contribution in [3.8, 4) is 0 Å². The van der Waals surface area contributed by atoms with E-state index < -0.39 is 0 Å². The third kappa shape index (κ3) is 2.61. The minimum atomic E-state index is 0.0160. The predicted molar refractivity (Wildman–Crippen MR) is 89.5 cm³/mol. The van der Waals surface area contributed by atoms with Gasteiger partial charge < -0.3 is 0 Å². The van der Waals surface area contributed by atoms with Gasteiger partial charge >= 0.3 is 5.69 Å². The molecular weight excluding hydrogens is 286 g/mol. The Bertz CT molecular complexity index is 849. The summed E-state index contributed by atoms with van der Waals surface area (Å²) < 4.78 is 3.50. The quantitative estimate of drug-likeness (QED) is 0.743. The van der Waals surface area contributed by atoms with Gasteiger partial charge in [0, 0.05) is 6.42 Å². The van der Waals surface area contributed by atoms with E-state index in [1.807, 2.05) is 41.0 Å². The maximum atomic E-state index is 12.7. The van der Waals surface area contributed by atoms with Crippen molar-refractivity contribution in [2.24, 2.45) is 0 Å². The van der Waals surface area contributed by atoms with Crippen LogP contribution in [0.5, 0.6) is 0 Å². The highest BCUT2D eigenvalue weighted by Gasteiger charge is 2.28. The summed E-state index contributed by atoms with van der Waals surface area (Å²) >= 11 is 0. The monoisotopic (exact) mass is 305 g/mol. The fourth-order valence-electron chi connectivity index (χ4n) is 3.36. The standard InChI is InChI=1S/C19H19N3O/c23-19-21(14-13-15-7-3-1-4-8-15)20-18-12-11-17(22(18)19)16-9-5-2-6-10-16/h1-10,17H,11-14H2/t17-/m0/s1. The largest absolute Gasteiger partial charge is 0.346 e. The normalized spacial score (nSPS) is 16.4. The zero-order valence-corrected chi connectivity index (χ0v) is 12.9. The predicted octanol–water partition coefficient (Wildman–Crippen LogP) is 2.82. The second-order valence-corrected chi connectivity index (χ2v) is 5.99. The van der Waals surface area contributed by atoms with E-state index in [0.717, 1.165) is 25.1 Å². The van der Waals surface area contributed by atoms with Gasteiger partial charge in [-0.15, -0.1) is 0 Å². The molecule has 0 aliphatic carbocycles. The summed E-state index contributed by atoms with van der Waals surface area (Å²) in [6, 6.07) is 20.6. The lowest BCUT2D eigenvalue weighted by Gasteiger charge is -2.11. The lowest BCUT2D eigenvalue weighted by atomic mass is 10.1.